The van der Waals surface area contributed by atoms with Gasteiger partial charge >= 0.3 is 6.18 Å². The van der Waals surface area contributed by atoms with Gasteiger partial charge < -0.3 is 4.74 Å². The first kappa shape index (κ1) is 9.63. The van der Waals surface area contributed by atoms with Crippen LogP contribution in [0.4, 0.5) is 13.2 Å². The third-order valence-corrected chi connectivity index (χ3v) is 1.41. The van der Waals surface area contributed by atoms with Crippen molar-refractivity contribution in [3.8, 4) is 5.88 Å². The second-order valence-electron chi connectivity index (χ2n) is 2.27. The summed E-state index contributed by atoms with van der Waals surface area (Å²) in [6, 6.07) is 1.72. The lowest BCUT2D eigenvalue weighted by molar-refractivity contribution is -0.138. The van der Waals surface area contributed by atoms with Crippen molar-refractivity contribution >= 4 is 0 Å². The van der Waals surface area contributed by atoms with Gasteiger partial charge in [-0.3, -0.25) is 9.78 Å². The van der Waals surface area contributed by atoms with Crippen molar-refractivity contribution < 1.29 is 17.9 Å². The number of hydrogen-bond acceptors (Lipinski definition) is 2. The number of rotatable bonds is 1. The lowest BCUT2D eigenvalue weighted by Crippen LogP contribution is -2.21. The van der Waals surface area contributed by atoms with Crippen LogP contribution in [0, 0.1) is 0 Å². The van der Waals surface area contributed by atoms with E-state index in [9.17, 15) is 18.0 Å². The standard InChI is InChI=1S/C7H6F3NO2/c1-13-5-3-2-4(6(12)11-5)7(8,9)10/h2-3H,1H3,(H,11,12). The number of H-pyrrole nitrogens is 1. The Hall–Kier alpha value is -1.46. The number of nitrogens with one attached hydrogen (secondary N) is 1. The van der Waals surface area contributed by atoms with E-state index >= 15 is 0 Å². The third-order valence-electron chi connectivity index (χ3n) is 1.41. The molecule has 72 valence electrons. The molecule has 0 fully saturated rings. The minimum absolute atomic E-state index is 0.00185. The predicted octanol–water partition coefficient (Wildman–Crippen LogP) is 1.40. The molecular formula is C7H6F3NO2. The molecule has 0 bridgehead atoms. The molecule has 0 aliphatic carbocycles. The normalized spacial score (nSPS) is 11.4. The van der Waals surface area contributed by atoms with E-state index in [1.54, 1.807) is 0 Å². The number of aromatic amines is 1. The molecule has 3 nitrogen and oxygen atoms in total. The average molecular weight is 193 g/mol. The van der Waals surface area contributed by atoms with E-state index in [0.717, 1.165) is 6.07 Å². The molecule has 1 heterocycles. The lowest BCUT2D eigenvalue weighted by Gasteiger charge is -2.05. The van der Waals surface area contributed by atoms with Crippen LogP contribution in [0.1, 0.15) is 5.56 Å². The lowest BCUT2D eigenvalue weighted by atomic mass is 10.3. The number of ether oxygens (including phenoxy) is 1. The summed E-state index contributed by atoms with van der Waals surface area (Å²) in [5, 5.41) is 0. The van der Waals surface area contributed by atoms with E-state index < -0.39 is 17.3 Å². The molecule has 0 atom stereocenters. The summed E-state index contributed by atoms with van der Waals surface area (Å²) in [5.74, 6) is -0.00185. The summed E-state index contributed by atoms with van der Waals surface area (Å²) in [4.78, 5) is 12.7. The summed E-state index contributed by atoms with van der Waals surface area (Å²) in [6.45, 7) is 0. The Morgan fingerprint density at radius 1 is 1.38 bits per heavy atom. The number of alkyl halides is 3. The molecule has 1 rings (SSSR count). The Morgan fingerprint density at radius 3 is 2.38 bits per heavy atom. The molecule has 0 aliphatic heterocycles. The SMILES string of the molecule is COc1ccc(C(F)(F)F)c(=O)[nH]1. The molecule has 1 aromatic heterocycles. The molecular weight excluding hydrogens is 187 g/mol. The summed E-state index contributed by atoms with van der Waals surface area (Å²) in [6.07, 6.45) is -4.63. The maximum absolute atomic E-state index is 12.0. The minimum Gasteiger partial charge on any atom is -0.482 e. The fourth-order valence-corrected chi connectivity index (χ4v) is 0.798. The Morgan fingerprint density at radius 2 is 2.00 bits per heavy atom. The van der Waals surface area contributed by atoms with Gasteiger partial charge in [0.2, 0.25) is 0 Å². The Labute approximate surface area is 71.2 Å². The summed E-state index contributed by atoms with van der Waals surface area (Å²) >= 11 is 0. The van der Waals surface area contributed by atoms with Gasteiger partial charge in [-0.25, -0.2) is 0 Å². The smallest absolute Gasteiger partial charge is 0.421 e. The van der Waals surface area contributed by atoms with Crippen molar-refractivity contribution in [2.45, 2.75) is 6.18 Å². The van der Waals surface area contributed by atoms with Crippen molar-refractivity contribution in [3.05, 3.63) is 28.0 Å². The molecule has 0 unspecified atom stereocenters. The van der Waals surface area contributed by atoms with Gasteiger partial charge in [-0.2, -0.15) is 13.2 Å². The first-order valence-corrected chi connectivity index (χ1v) is 3.29. The minimum atomic E-state index is -4.63. The maximum Gasteiger partial charge on any atom is 0.421 e. The monoisotopic (exact) mass is 193 g/mol. The first-order chi connectivity index (χ1) is 5.95. The van der Waals surface area contributed by atoms with E-state index in [2.05, 4.69) is 4.74 Å². The second kappa shape index (κ2) is 3.12. The Bertz CT molecular complexity index is 355. The highest BCUT2D eigenvalue weighted by Gasteiger charge is 2.33. The van der Waals surface area contributed by atoms with Crippen LogP contribution in [0.3, 0.4) is 0 Å². The molecule has 1 aromatic rings. The van der Waals surface area contributed by atoms with Gasteiger partial charge in [-0.05, 0) is 12.1 Å². The highest BCUT2D eigenvalue weighted by molar-refractivity contribution is 5.20. The molecule has 0 saturated carbocycles. The fourth-order valence-electron chi connectivity index (χ4n) is 0.798. The zero-order chi connectivity index (χ0) is 10.1. The van der Waals surface area contributed by atoms with Crippen LogP contribution in [0.15, 0.2) is 16.9 Å². The fraction of sp³-hybridized carbons (Fsp3) is 0.286. The van der Waals surface area contributed by atoms with Crippen molar-refractivity contribution in [2.24, 2.45) is 0 Å². The average Bonchev–Trinajstić information content (AvgIpc) is 2.01. The topological polar surface area (TPSA) is 42.1 Å². The van der Waals surface area contributed by atoms with Crippen molar-refractivity contribution in [2.75, 3.05) is 7.11 Å². The van der Waals surface area contributed by atoms with E-state index in [1.807, 2.05) is 4.98 Å². The van der Waals surface area contributed by atoms with Crippen LogP contribution >= 0.6 is 0 Å². The molecule has 1 N–H and O–H groups in total. The number of halogens is 3. The van der Waals surface area contributed by atoms with E-state index in [4.69, 9.17) is 0 Å². The van der Waals surface area contributed by atoms with Gasteiger partial charge in [0.25, 0.3) is 5.56 Å². The number of methoxy groups -OCH3 is 1. The molecule has 0 saturated heterocycles. The van der Waals surface area contributed by atoms with Gasteiger partial charge in [0.05, 0.1) is 7.11 Å². The zero-order valence-corrected chi connectivity index (χ0v) is 6.61. The van der Waals surface area contributed by atoms with Crippen molar-refractivity contribution in [1.82, 2.24) is 4.98 Å². The highest BCUT2D eigenvalue weighted by Crippen LogP contribution is 2.26. The summed E-state index contributed by atoms with van der Waals surface area (Å²) in [5.41, 5.74) is -2.43. The van der Waals surface area contributed by atoms with Crippen LogP contribution in [0.2, 0.25) is 0 Å². The van der Waals surface area contributed by atoms with Gasteiger partial charge in [-0.15, -0.1) is 0 Å². The predicted molar refractivity (Wildman–Crippen MR) is 38.6 cm³/mol. The second-order valence-corrected chi connectivity index (χ2v) is 2.27. The van der Waals surface area contributed by atoms with Crippen LogP contribution in [-0.2, 0) is 6.18 Å². The number of pyridine rings is 1. The van der Waals surface area contributed by atoms with Crippen LogP contribution in [-0.4, -0.2) is 12.1 Å². The van der Waals surface area contributed by atoms with E-state index in [1.165, 1.54) is 7.11 Å². The maximum atomic E-state index is 12.0. The molecule has 0 amide bonds. The van der Waals surface area contributed by atoms with E-state index in [-0.39, 0.29) is 5.88 Å². The molecule has 0 aliphatic rings. The van der Waals surface area contributed by atoms with Gasteiger partial charge in [0.1, 0.15) is 5.56 Å². The summed E-state index contributed by atoms with van der Waals surface area (Å²) in [7, 11) is 1.25. The quantitative estimate of drug-likeness (QED) is 0.732. The van der Waals surface area contributed by atoms with Crippen LogP contribution < -0.4 is 10.3 Å². The highest BCUT2D eigenvalue weighted by atomic mass is 19.4. The first-order valence-electron chi connectivity index (χ1n) is 3.29. The van der Waals surface area contributed by atoms with Crippen LogP contribution in [0.25, 0.3) is 0 Å². The van der Waals surface area contributed by atoms with Crippen molar-refractivity contribution in [3.63, 3.8) is 0 Å². The molecule has 0 radical (unpaired) electrons. The number of aromatic nitrogens is 1. The largest absolute Gasteiger partial charge is 0.482 e. The summed E-state index contributed by atoms with van der Waals surface area (Å²) < 4.78 is 40.6. The van der Waals surface area contributed by atoms with Crippen molar-refractivity contribution in [1.29, 1.82) is 0 Å². The molecule has 6 heteroatoms. The molecule has 13 heavy (non-hydrogen) atoms. The molecule has 0 spiro atoms. The zero-order valence-electron chi connectivity index (χ0n) is 6.61. The Balaban J connectivity index is 3.21. The van der Waals surface area contributed by atoms with Gasteiger partial charge in [0.15, 0.2) is 5.88 Å². The number of hydrogen-bond donors (Lipinski definition) is 1. The van der Waals surface area contributed by atoms with Gasteiger partial charge in [0, 0.05) is 0 Å². The van der Waals surface area contributed by atoms with Crippen LogP contribution in [0.5, 0.6) is 5.88 Å². The van der Waals surface area contributed by atoms with E-state index in [0.29, 0.717) is 6.07 Å². The van der Waals surface area contributed by atoms with Gasteiger partial charge in [-0.1, -0.05) is 0 Å². The Kier molecular flexibility index (Phi) is 2.31. The third kappa shape index (κ3) is 2.01. The molecule has 0 aromatic carbocycles.